The van der Waals surface area contributed by atoms with Crippen molar-refractivity contribution in [1.82, 2.24) is 19.9 Å². The van der Waals surface area contributed by atoms with E-state index < -0.39 is 6.17 Å². The Labute approximate surface area is 157 Å². The standard InChI is InChI=1S/C20H20N4O2/c25-19(14-24-4-6-26-7-5-24)10-18-9-16-8-17(12-23-20(16)13-22-18)15-2-1-3-21-11-15/h1-3,8-9,11-13H,4-7,10,14H2/i1D,2D,3D,11D. The smallest absolute Gasteiger partial charge is 0.152 e. The molecule has 0 saturated carbocycles. The van der Waals surface area contributed by atoms with Crippen LogP contribution in [0.5, 0.6) is 0 Å². The molecular formula is C20H20N4O2. The summed E-state index contributed by atoms with van der Waals surface area (Å²) in [5, 5.41) is 0.719. The molecule has 3 aromatic rings. The Morgan fingerprint density at radius 1 is 1.19 bits per heavy atom. The zero-order valence-electron chi connectivity index (χ0n) is 18.2. The molecule has 0 atom stereocenters. The molecule has 0 radical (unpaired) electrons. The van der Waals surface area contributed by atoms with Gasteiger partial charge in [0.05, 0.1) is 43.4 Å². The van der Waals surface area contributed by atoms with E-state index in [1.54, 1.807) is 18.3 Å². The number of hydrogen-bond acceptors (Lipinski definition) is 6. The summed E-state index contributed by atoms with van der Waals surface area (Å²) in [6, 6.07) is 2.97. The first kappa shape index (κ1) is 12.6. The van der Waals surface area contributed by atoms with Gasteiger partial charge in [0.2, 0.25) is 0 Å². The normalized spacial score (nSPS) is 17.4. The van der Waals surface area contributed by atoms with E-state index in [2.05, 4.69) is 19.9 Å². The van der Waals surface area contributed by atoms with Crippen molar-refractivity contribution in [1.29, 1.82) is 0 Å². The number of carbonyl (C=O) groups excluding carboxylic acids is 1. The second-order valence-electron chi connectivity index (χ2n) is 6.16. The molecule has 0 N–H and O–H groups in total. The number of ketones is 1. The van der Waals surface area contributed by atoms with E-state index in [1.807, 2.05) is 0 Å². The van der Waals surface area contributed by atoms with Crippen molar-refractivity contribution in [3.05, 3.63) is 54.7 Å². The number of hydrogen-bond donors (Lipinski definition) is 0. The summed E-state index contributed by atoms with van der Waals surface area (Å²) in [7, 11) is 0. The SMILES string of the molecule is [2H]c1nc([2H])c(-c2cnc3cnc(CC(=O)CN4CCOCC4)cc3c2)c([2H])c1[2H]. The molecule has 1 fully saturated rings. The van der Waals surface area contributed by atoms with Gasteiger partial charge in [-0.25, -0.2) is 0 Å². The first-order valence-corrected chi connectivity index (χ1v) is 8.43. The highest BCUT2D eigenvalue weighted by Gasteiger charge is 2.15. The third kappa shape index (κ3) is 3.92. The molecule has 132 valence electrons. The van der Waals surface area contributed by atoms with Crippen LogP contribution >= 0.6 is 0 Å². The molecule has 4 rings (SSSR count). The molecule has 6 nitrogen and oxygen atoms in total. The molecule has 26 heavy (non-hydrogen) atoms. The molecule has 1 saturated heterocycles. The van der Waals surface area contributed by atoms with Gasteiger partial charge in [-0.2, -0.15) is 0 Å². The molecule has 0 aromatic carbocycles. The quantitative estimate of drug-likeness (QED) is 0.701. The molecular weight excluding hydrogens is 328 g/mol. The van der Waals surface area contributed by atoms with Crippen molar-refractivity contribution in [2.24, 2.45) is 0 Å². The number of Topliss-reactive ketones (excluding diaryl/α,β-unsaturated/α-hetero) is 1. The number of morpholine rings is 1. The Kier molecular flexibility index (Phi) is 3.73. The molecule has 1 aliphatic rings. The van der Waals surface area contributed by atoms with Gasteiger partial charge in [-0.1, -0.05) is 6.04 Å². The molecule has 0 spiro atoms. The molecule has 4 heterocycles. The lowest BCUT2D eigenvalue weighted by Crippen LogP contribution is -2.39. The lowest BCUT2D eigenvalue weighted by molar-refractivity contribution is -0.120. The molecule has 0 amide bonds. The fraction of sp³-hybridized carbons (Fsp3) is 0.300. The van der Waals surface area contributed by atoms with Gasteiger partial charge in [0.1, 0.15) is 0 Å². The number of ether oxygens (including phenoxy) is 1. The van der Waals surface area contributed by atoms with E-state index in [0.717, 1.165) is 18.5 Å². The molecule has 1 aliphatic heterocycles. The topological polar surface area (TPSA) is 68.2 Å². The van der Waals surface area contributed by atoms with E-state index >= 15 is 0 Å². The van der Waals surface area contributed by atoms with E-state index in [9.17, 15) is 4.79 Å². The van der Waals surface area contributed by atoms with Gasteiger partial charge in [0, 0.05) is 53.8 Å². The van der Waals surface area contributed by atoms with Crippen LogP contribution in [0, 0.1) is 0 Å². The number of aromatic nitrogens is 3. The summed E-state index contributed by atoms with van der Waals surface area (Å²) in [5.74, 6) is 0.0730. The van der Waals surface area contributed by atoms with E-state index in [4.69, 9.17) is 10.2 Å². The minimum atomic E-state index is -0.396. The lowest BCUT2D eigenvalue weighted by Gasteiger charge is -2.25. The van der Waals surface area contributed by atoms with Crippen LogP contribution in [-0.2, 0) is 16.0 Å². The summed E-state index contributed by atoms with van der Waals surface area (Å²) in [4.78, 5) is 26.9. The predicted octanol–water partition coefficient (Wildman–Crippen LogP) is 2.14. The van der Waals surface area contributed by atoms with E-state index in [1.165, 1.54) is 6.20 Å². The number of nitrogens with zero attached hydrogens (tertiary/aromatic N) is 4. The Morgan fingerprint density at radius 2 is 2.08 bits per heavy atom. The Hall–Kier alpha value is -2.70. The zero-order valence-corrected chi connectivity index (χ0v) is 14.2. The van der Waals surface area contributed by atoms with Crippen LogP contribution in [0.1, 0.15) is 11.2 Å². The van der Waals surface area contributed by atoms with Crippen molar-refractivity contribution in [2.45, 2.75) is 6.42 Å². The van der Waals surface area contributed by atoms with E-state index in [-0.39, 0.29) is 36.0 Å². The lowest BCUT2D eigenvalue weighted by atomic mass is 10.1. The maximum atomic E-state index is 12.4. The summed E-state index contributed by atoms with van der Waals surface area (Å²) in [6.07, 6.45) is 2.67. The second kappa shape index (κ2) is 7.68. The van der Waals surface area contributed by atoms with Crippen LogP contribution in [0.4, 0.5) is 0 Å². The number of pyridine rings is 3. The fourth-order valence-electron chi connectivity index (χ4n) is 2.94. The monoisotopic (exact) mass is 352 g/mol. The van der Waals surface area contributed by atoms with Crippen LogP contribution in [0.3, 0.4) is 0 Å². The summed E-state index contributed by atoms with van der Waals surface area (Å²) < 4.78 is 36.8. The highest BCUT2D eigenvalue weighted by Crippen LogP contribution is 2.22. The van der Waals surface area contributed by atoms with Crippen LogP contribution in [0.25, 0.3) is 22.0 Å². The van der Waals surface area contributed by atoms with Crippen molar-refractivity contribution in [3.8, 4) is 11.1 Å². The van der Waals surface area contributed by atoms with Crippen LogP contribution < -0.4 is 0 Å². The second-order valence-corrected chi connectivity index (χ2v) is 6.16. The van der Waals surface area contributed by atoms with Gasteiger partial charge in [0.25, 0.3) is 0 Å². The highest BCUT2D eigenvalue weighted by atomic mass is 16.5. The summed E-state index contributed by atoms with van der Waals surface area (Å²) >= 11 is 0. The van der Waals surface area contributed by atoms with Gasteiger partial charge in [0.15, 0.2) is 5.78 Å². The predicted molar refractivity (Wildman–Crippen MR) is 98.7 cm³/mol. The van der Waals surface area contributed by atoms with Crippen molar-refractivity contribution in [2.75, 3.05) is 32.8 Å². The van der Waals surface area contributed by atoms with Crippen molar-refractivity contribution >= 4 is 16.7 Å². The Balaban J connectivity index is 1.60. The Bertz CT molecular complexity index is 1120. The summed E-state index contributed by atoms with van der Waals surface area (Å²) in [6.45, 7) is 3.14. The number of fused-ring (bicyclic) bond motifs is 1. The minimum absolute atomic E-state index is 0.0730. The van der Waals surface area contributed by atoms with Crippen LogP contribution in [-0.4, -0.2) is 58.5 Å². The van der Waals surface area contributed by atoms with E-state index in [0.29, 0.717) is 36.5 Å². The highest BCUT2D eigenvalue weighted by molar-refractivity contribution is 5.86. The third-order valence-corrected chi connectivity index (χ3v) is 4.26. The largest absolute Gasteiger partial charge is 0.379 e. The van der Waals surface area contributed by atoms with Crippen LogP contribution in [0.15, 0.2) is 49.0 Å². The first-order valence-electron chi connectivity index (χ1n) is 10.4. The third-order valence-electron chi connectivity index (χ3n) is 4.26. The molecule has 3 aromatic heterocycles. The number of carbonyl (C=O) groups is 1. The molecule has 0 aliphatic carbocycles. The zero-order chi connectivity index (χ0) is 21.3. The van der Waals surface area contributed by atoms with Gasteiger partial charge >= 0.3 is 0 Å². The average Bonchev–Trinajstić information content (AvgIpc) is 2.72. The fourth-order valence-corrected chi connectivity index (χ4v) is 2.94. The van der Waals surface area contributed by atoms with Gasteiger partial charge < -0.3 is 4.74 Å². The van der Waals surface area contributed by atoms with Gasteiger partial charge in [-0.15, -0.1) is 0 Å². The maximum Gasteiger partial charge on any atom is 0.152 e. The summed E-state index contributed by atoms with van der Waals surface area (Å²) in [5.41, 5.74) is 1.87. The molecule has 0 unspecified atom stereocenters. The van der Waals surface area contributed by atoms with Crippen molar-refractivity contribution in [3.63, 3.8) is 0 Å². The maximum absolute atomic E-state index is 12.4. The van der Waals surface area contributed by atoms with Crippen molar-refractivity contribution < 1.29 is 15.0 Å². The van der Waals surface area contributed by atoms with Gasteiger partial charge in [-0.3, -0.25) is 24.6 Å². The Morgan fingerprint density at radius 3 is 2.96 bits per heavy atom. The van der Waals surface area contributed by atoms with Crippen LogP contribution in [0.2, 0.25) is 0 Å². The number of rotatable bonds is 5. The average molecular weight is 352 g/mol. The first-order chi connectivity index (χ1) is 14.4. The molecule has 6 heteroatoms. The molecule has 0 bridgehead atoms. The van der Waals surface area contributed by atoms with Gasteiger partial charge in [-0.05, 0) is 18.2 Å². The minimum Gasteiger partial charge on any atom is -0.379 e.